The highest BCUT2D eigenvalue weighted by molar-refractivity contribution is 5.98. The van der Waals surface area contributed by atoms with E-state index in [1.54, 1.807) is 11.0 Å². The summed E-state index contributed by atoms with van der Waals surface area (Å²) in [5.41, 5.74) is 1.29. The van der Waals surface area contributed by atoms with Crippen LogP contribution in [0.3, 0.4) is 0 Å². The molecule has 0 aromatic heterocycles. The molecule has 1 unspecified atom stereocenters. The summed E-state index contributed by atoms with van der Waals surface area (Å²) in [6.07, 6.45) is 4.09. The first-order valence-electron chi connectivity index (χ1n) is 6.99. The lowest BCUT2D eigenvalue weighted by Gasteiger charge is -2.33. The summed E-state index contributed by atoms with van der Waals surface area (Å²) in [5, 5.41) is 3.36. The van der Waals surface area contributed by atoms with E-state index in [1.165, 1.54) is 6.07 Å². The SMILES string of the molecule is Cc1ccc(N2CCCC(NC3CC3)C2=O)c(F)c1. The van der Waals surface area contributed by atoms with Crippen molar-refractivity contribution in [3.63, 3.8) is 0 Å². The van der Waals surface area contributed by atoms with Crippen LogP contribution in [0.2, 0.25) is 0 Å². The number of carbonyl (C=O) groups is 1. The Bertz CT molecular complexity index is 499. The monoisotopic (exact) mass is 262 g/mol. The fraction of sp³-hybridized carbons (Fsp3) is 0.533. The average Bonchev–Trinajstić information content (AvgIpc) is 3.17. The number of nitrogens with zero attached hydrogens (tertiary/aromatic N) is 1. The maximum Gasteiger partial charge on any atom is 0.244 e. The predicted octanol–water partition coefficient (Wildman–Crippen LogP) is 2.38. The lowest BCUT2D eigenvalue weighted by atomic mass is 10.0. The molecule has 0 bridgehead atoms. The molecular weight excluding hydrogens is 243 g/mol. The van der Waals surface area contributed by atoms with Crippen LogP contribution in [0, 0.1) is 12.7 Å². The largest absolute Gasteiger partial charge is 0.308 e. The smallest absolute Gasteiger partial charge is 0.244 e. The van der Waals surface area contributed by atoms with Crippen LogP contribution >= 0.6 is 0 Å². The van der Waals surface area contributed by atoms with E-state index in [1.807, 2.05) is 13.0 Å². The van der Waals surface area contributed by atoms with E-state index >= 15 is 0 Å². The number of piperidine rings is 1. The quantitative estimate of drug-likeness (QED) is 0.907. The molecule has 1 N–H and O–H groups in total. The Balaban J connectivity index is 1.80. The molecule has 0 spiro atoms. The molecule has 3 nitrogen and oxygen atoms in total. The molecule has 3 rings (SSSR count). The van der Waals surface area contributed by atoms with Crippen molar-refractivity contribution in [2.75, 3.05) is 11.4 Å². The Labute approximate surface area is 112 Å². The van der Waals surface area contributed by atoms with Crippen molar-refractivity contribution >= 4 is 11.6 Å². The highest BCUT2D eigenvalue weighted by atomic mass is 19.1. The highest BCUT2D eigenvalue weighted by Crippen LogP contribution is 2.27. The summed E-state index contributed by atoms with van der Waals surface area (Å²) in [7, 11) is 0. The number of aryl methyl sites for hydroxylation is 1. The van der Waals surface area contributed by atoms with E-state index in [0.717, 1.165) is 31.2 Å². The van der Waals surface area contributed by atoms with Crippen molar-refractivity contribution in [3.05, 3.63) is 29.6 Å². The molecule has 1 amide bonds. The Morgan fingerprint density at radius 1 is 1.32 bits per heavy atom. The van der Waals surface area contributed by atoms with E-state index in [-0.39, 0.29) is 17.8 Å². The van der Waals surface area contributed by atoms with Gasteiger partial charge in [0.25, 0.3) is 0 Å². The Morgan fingerprint density at radius 3 is 2.79 bits per heavy atom. The first kappa shape index (κ1) is 12.6. The summed E-state index contributed by atoms with van der Waals surface area (Å²) in [4.78, 5) is 14.0. The van der Waals surface area contributed by atoms with Crippen LogP contribution < -0.4 is 10.2 Å². The van der Waals surface area contributed by atoms with Crippen molar-refractivity contribution in [2.24, 2.45) is 0 Å². The van der Waals surface area contributed by atoms with Crippen LogP contribution in [0.1, 0.15) is 31.2 Å². The lowest BCUT2D eigenvalue weighted by molar-refractivity contribution is -0.121. The third-order valence-electron chi connectivity index (χ3n) is 3.85. The van der Waals surface area contributed by atoms with Gasteiger partial charge in [-0.05, 0) is 50.3 Å². The Hall–Kier alpha value is -1.42. The molecule has 19 heavy (non-hydrogen) atoms. The summed E-state index contributed by atoms with van der Waals surface area (Å²) in [6, 6.07) is 5.41. The number of anilines is 1. The number of benzene rings is 1. The molecule has 4 heteroatoms. The lowest BCUT2D eigenvalue weighted by Crippen LogP contribution is -2.51. The number of hydrogen-bond acceptors (Lipinski definition) is 2. The number of carbonyl (C=O) groups excluding carboxylic acids is 1. The molecule has 1 saturated heterocycles. The van der Waals surface area contributed by atoms with Crippen molar-refractivity contribution in [1.82, 2.24) is 5.32 Å². The Morgan fingerprint density at radius 2 is 2.11 bits per heavy atom. The standard InChI is InChI=1S/C15H19FN2O/c1-10-4-7-14(12(16)9-10)18-8-2-3-13(15(18)19)17-11-5-6-11/h4,7,9,11,13,17H,2-3,5-6,8H2,1H3. The fourth-order valence-corrected chi connectivity index (χ4v) is 2.63. The third-order valence-corrected chi connectivity index (χ3v) is 3.85. The van der Waals surface area contributed by atoms with E-state index in [4.69, 9.17) is 0 Å². The topological polar surface area (TPSA) is 32.3 Å². The van der Waals surface area contributed by atoms with Gasteiger partial charge in [-0.2, -0.15) is 0 Å². The van der Waals surface area contributed by atoms with Crippen molar-refractivity contribution in [3.8, 4) is 0 Å². The zero-order chi connectivity index (χ0) is 13.4. The maximum absolute atomic E-state index is 14.0. The molecule has 102 valence electrons. The van der Waals surface area contributed by atoms with Crippen LogP contribution in [0.15, 0.2) is 18.2 Å². The number of halogens is 1. The predicted molar refractivity (Wildman–Crippen MR) is 72.7 cm³/mol. The van der Waals surface area contributed by atoms with E-state index in [0.29, 0.717) is 18.3 Å². The number of hydrogen-bond donors (Lipinski definition) is 1. The van der Waals surface area contributed by atoms with E-state index < -0.39 is 0 Å². The Kier molecular flexibility index (Phi) is 3.27. The molecule has 1 aliphatic heterocycles. The molecule has 1 aromatic carbocycles. The van der Waals surface area contributed by atoms with Crippen molar-refractivity contribution in [1.29, 1.82) is 0 Å². The van der Waals surface area contributed by atoms with Crippen molar-refractivity contribution < 1.29 is 9.18 Å². The normalized spacial score (nSPS) is 23.8. The van der Waals surface area contributed by atoms with Crippen LogP contribution in [-0.4, -0.2) is 24.5 Å². The first-order valence-corrected chi connectivity index (χ1v) is 6.99. The summed E-state index contributed by atoms with van der Waals surface area (Å²) >= 11 is 0. The molecule has 1 atom stereocenters. The van der Waals surface area contributed by atoms with Crippen LogP contribution in [-0.2, 0) is 4.79 Å². The molecule has 2 fully saturated rings. The number of amides is 1. The molecule has 0 radical (unpaired) electrons. The minimum atomic E-state index is -0.305. The average molecular weight is 262 g/mol. The zero-order valence-electron chi connectivity index (χ0n) is 11.2. The summed E-state index contributed by atoms with van der Waals surface area (Å²) in [6.45, 7) is 2.46. The zero-order valence-corrected chi connectivity index (χ0v) is 11.2. The molecule has 2 aliphatic rings. The molecule has 1 heterocycles. The summed E-state index contributed by atoms with van der Waals surface area (Å²) in [5.74, 6) is -0.290. The van der Waals surface area contributed by atoms with E-state index in [2.05, 4.69) is 5.32 Å². The molecule has 1 aliphatic carbocycles. The maximum atomic E-state index is 14.0. The second-order valence-electron chi connectivity index (χ2n) is 5.58. The second kappa shape index (κ2) is 4.93. The van der Waals surface area contributed by atoms with Gasteiger partial charge in [0.15, 0.2) is 0 Å². The molecule has 1 aromatic rings. The second-order valence-corrected chi connectivity index (χ2v) is 5.58. The van der Waals surface area contributed by atoms with Gasteiger partial charge in [-0.15, -0.1) is 0 Å². The minimum Gasteiger partial charge on any atom is -0.308 e. The van der Waals surface area contributed by atoms with Gasteiger partial charge in [-0.3, -0.25) is 4.79 Å². The van der Waals surface area contributed by atoms with Gasteiger partial charge in [-0.1, -0.05) is 6.07 Å². The van der Waals surface area contributed by atoms with Crippen LogP contribution in [0.4, 0.5) is 10.1 Å². The van der Waals surface area contributed by atoms with Gasteiger partial charge in [-0.25, -0.2) is 4.39 Å². The van der Waals surface area contributed by atoms with Gasteiger partial charge >= 0.3 is 0 Å². The number of nitrogens with one attached hydrogen (secondary N) is 1. The number of rotatable bonds is 3. The fourth-order valence-electron chi connectivity index (χ4n) is 2.63. The highest BCUT2D eigenvalue weighted by Gasteiger charge is 2.34. The molecule has 1 saturated carbocycles. The summed E-state index contributed by atoms with van der Waals surface area (Å²) < 4.78 is 14.0. The van der Waals surface area contributed by atoms with Crippen molar-refractivity contribution in [2.45, 2.75) is 44.7 Å². The minimum absolute atomic E-state index is 0.0147. The molecular formula is C15H19FN2O. The van der Waals surface area contributed by atoms with E-state index in [9.17, 15) is 9.18 Å². The van der Waals surface area contributed by atoms with Gasteiger partial charge in [0.05, 0.1) is 11.7 Å². The van der Waals surface area contributed by atoms with Gasteiger partial charge in [0, 0.05) is 12.6 Å². The van der Waals surface area contributed by atoms with Crippen LogP contribution in [0.25, 0.3) is 0 Å². The van der Waals surface area contributed by atoms with Crippen LogP contribution in [0.5, 0.6) is 0 Å². The van der Waals surface area contributed by atoms with Gasteiger partial charge < -0.3 is 10.2 Å². The first-order chi connectivity index (χ1) is 9.15. The van der Waals surface area contributed by atoms with Gasteiger partial charge in [0.1, 0.15) is 5.82 Å². The third kappa shape index (κ3) is 2.63. The van der Waals surface area contributed by atoms with Gasteiger partial charge in [0.2, 0.25) is 5.91 Å².